The van der Waals surface area contributed by atoms with E-state index >= 15 is 0 Å². The highest BCUT2D eigenvalue weighted by Crippen LogP contribution is 2.27. The van der Waals surface area contributed by atoms with Gasteiger partial charge in [0.1, 0.15) is 11.8 Å². The van der Waals surface area contributed by atoms with Gasteiger partial charge in [0.15, 0.2) is 11.5 Å². The summed E-state index contributed by atoms with van der Waals surface area (Å²) in [5.74, 6) is 1.27. The Labute approximate surface area is 177 Å². The molecule has 2 N–H and O–H groups in total. The fraction of sp³-hybridized carbons (Fsp3) is 0.391. The Bertz CT molecular complexity index is 849. The minimum Gasteiger partial charge on any atom is -0.494 e. The van der Waals surface area contributed by atoms with Gasteiger partial charge < -0.3 is 24.8 Å². The Balaban J connectivity index is 2.01. The highest BCUT2D eigenvalue weighted by Gasteiger charge is 2.24. The number of benzene rings is 2. The molecule has 0 aliphatic carbocycles. The van der Waals surface area contributed by atoms with E-state index in [0.717, 1.165) is 5.56 Å². The first-order chi connectivity index (χ1) is 14.4. The smallest absolute Gasteiger partial charge is 0.251 e. The Morgan fingerprint density at radius 2 is 1.63 bits per heavy atom. The van der Waals surface area contributed by atoms with Crippen LogP contribution in [0.5, 0.6) is 17.2 Å². The molecule has 2 amide bonds. The zero-order valence-corrected chi connectivity index (χ0v) is 18.2. The highest BCUT2D eigenvalue weighted by molar-refractivity contribution is 5.97. The normalized spacial score (nSPS) is 11.5. The summed E-state index contributed by atoms with van der Waals surface area (Å²) < 4.78 is 15.9. The van der Waals surface area contributed by atoms with Crippen LogP contribution < -0.4 is 24.8 Å². The van der Waals surface area contributed by atoms with E-state index in [0.29, 0.717) is 36.0 Å². The maximum atomic E-state index is 12.7. The van der Waals surface area contributed by atoms with Gasteiger partial charge in [-0.05, 0) is 54.8 Å². The minimum atomic E-state index is -0.663. The van der Waals surface area contributed by atoms with E-state index in [2.05, 4.69) is 10.6 Å². The molecule has 2 aromatic carbocycles. The summed E-state index contributed by atoms with van der Waals surface area (Å²) in [4.78, 5) is 25.3. The van der Waals surface area contributed by atoms with Crippen LogP contribution in [-0.2, 0) is 11.3 Å². The second kappa shape index (κ2) is 11.1. The zero-order valence-electron chi connectivity index (χ0n) is 18.2. The third-order valence-corrected chi connectivity index (χ3v) is 4.58. The predicted octanol–water partition coefficient (Wildman–Crippen LogP) is 3.17. The Hall–Kier alpha value is -3.22. The largest absolute Gasteiger partial charge is 0.494 e. The minimum absolute atomic E-state index is 0.0814. The first-order valence-electron chi connectivity index (χ1n) is 9.91. The fourth-order valence-corrected chi connectivity index (χ4v) is 2.92. The van der Waals surface area contributed by atoms with E-state index in [4.69, 9.17) is 14.2 Å². The van der Waals surface area contributed by atoms with Crippen LogP contribution in [0.25, 0.3) is 0 Å². The van der Waals surface area contributed by atoms with Gasteiger partial charge in [-0.15, -0.1) is 0 Å². The van der Waals surface area contributed by atoms with Crippen molar-refractivity contribution in [2.75, 3.05) is 20.8 Å². The van der Waals surface area contributed by atoms with E-state index in [1.54, 1.807) is 44.6 Å². The molecular formula is C23H30N2O5. The maximum Gasteiger partial charge on any atom is 0.251 e. The van der Waals surface area contributed by atoms with E-state index in [-0.39, 0.29) is 17.7 Å². The highest BCUT2D eigenvalue weighted by atomic mass is 16.5. The summed E-state index contributed by atoms with van der Waals surface area (Å²) in [5, 5.41) is 5.71. The molecule has 2 rings (SSSR count). The second-order valence-corrected chi connectivity index (χ2v) is 7.06. The van der Waals surface area contributed by atoms with E-state index in [9.17, 15) is 9.59 Å². The molecule has 0 spiro atoms. The lowest BCUT2D eigenvalue weighted by molar-refractivity contribution is -0.124. The average Bonchev–Trinajstić information content (AvgIpc) is 2.75. The van der Waals surface area contributed by atoms with Crippen molar-refractivity contribution in [2.45, 2.75) is 33.4 Å². The molecule has 0 aliphatic heterocycles. The van der Waals surface area contributed by atoms with Crippen LogP contribution in [0, 0.1) is 5.92 Å². The maximum absolute atomic E-state index is 12.7. The number of hydrogen-bond acceptors (Lipinski definition) is 5. The molecule has 30 heavy (non-hydrogen) atoms. The summed E-state index contributed by atoms with van der Waals surface area (Å²) in [6.07, 6.45) is 0. The number of amides is 2. The van der Waals surface area contributed by atoms with E-state index < -0.39 is 6.04 Å². The van der Waals surface area contributed by atoms with Crippen LogP contribution in [0.1, 0.15) is 36.7 Å². The van der Waals surface area contributed by atoms with Crippen LogP contribution in [0.15, 0.2) is 42.5 Å². The monoisotopic (exact) mass is 414 g/mol. The third-order valence-electron chi connectivity index (χ3n) is 4.58. The first kappa shape index (κ1) is 23.1. The van der Waals surface area contributed by atoms with Crippen molar-refractivity contribution in [3.8, 4) is 17.2 Å². The van der Waals surface area contributed by atoms with Gasteiger partial charge in [0, 0.05) is 12.1 Å². The van der Waals surface area contributed by atoms with Crippen LogP contribution in [0.4, 0.5) is 0 Å². The van der Waals surface area contributed by atoms with Crippen molar-refractivity contribution in [2.24, 2.45) is 5.92 Å². The SMILES string of the molecule is CCOc1ccc(C(=O)N[C@H](C(=O)NCc2ccc(OC)c(OC)c2)C(C)C)cc1. The standard InChI is InChI=1S/C23H30N2O5/c1-6-30-18-10-8-17(9-11-18)22(26)25-21(15(2)3)23(27)24-14-16-7-12-19(28-4)20(13-16)29-5/h7-13,15,21H,6,14H2,1-5H3,(H,24,27)(H,25,26)/t21-/m0/s1. The summed E-state index contributed by atoms with van der Waals surface area (Å²) in [6.45, 7) is 6.54. The predicted molar refractivity (Wildman–Crippen MR) is 115 cm³/mol. The molecule has 162 valence electrons. The molecule has 0 saturated carbocycles. The Morgan fingerprint density at radius 1 is 0.967 bits per heavy atom. The number of carbonyl (C=O) groups is 2. The van der Waals surface area contributed by atoms with Gasteiger partial charge in [0.2, 0.25) is 5.91 Å². The lowest BCUT2D eigenvalue weighted by Crippen LogP contribution is -2.49. The topological polar surface area (TPSA) is 85.9 Å². The fourth-order valence-electron chi connectivity index (χ4n) is 2.92. The van der Waals surface area contributed by atoms with E-state index in [1.807, 2.05) is 32.9 Å². The molecule has 0 radical (unpaired) electrons. The summed E-state index contributed by atoms with van der Waals surface area (Å²) in [7, 11) is 3.13. The average molecular weight is 415 g/mol. The molecule has 2 aromatic rings. The van der Waals surface area contributed by atoms with Gasteiger partial charge in [-0.2, -0.15) is 0 Å². The molecule has 0 heterocycles. The molecule has 7 nitrogen and oxygen atoms in total. The molecule has 1 atom stereocenters. The van der Waals surface area contributed by atoms with Gasteiger partial charge in [-0.3, -0.25) is 9.59 Å². The van der Waals surface area contributed by atoms with Crippen molar-refractivity contribution in [3.63, 3.8) is 0 Å². The molecule has 7 heteroatoms. The molecular weight excluding hydrogens is 384 g/mol. The summed E-state index contributed by atoms with van der Waals surface area (Å²) in [5.41, 5.74) is 1.33. The number of hydrogen-bond donors (Lipinski definition) is 2. The van der Waals surface area contributed by atoms with Crippen LogP contribution in [0.3, 0.4) is 0 Å². The van der Waals surface area contributed by atoms with Crippen LogP contribution >= 0.6 is 0 Å². The molecule has 0 aliphatic rings. The Kier molecular flexibility index (Phi) is 8.53. The molecule has 0 unspecified atom stereocenters. The van der Waals surface area contributed by atoms with Gasteiger partial charge in [-0.1, -0.05) is 19.9 Å². The van der Waals surface area contributed by atoms with Gasteiger partial charge >= 0.3 is 0 Å². The third kappa shape index (κ3) is 6.14. The Morgan fingerprint density at radius 3 is 2.20 bits per heavy atom. The summed E-state index contributed by atoms with van der Waals surface area (Å²) in [6, 6.07) is 11.6. The van der Waals surface area contributed by atoms with Crippen molar-refractivity contribution < 1.29 is 23.8 Å². The number of carbonyl (C=O) groups excluding carboxylic acids is 2. The number of methoxy groups -OCH3 is 2. The van der Waals surface area contributed by atoms with Crippen molar-refractivity contribution in [1.82, 2.24) is 10.6 Å². The van der Waals surface area contributed by atoms with Gasteiger partial charge in [-0.25, -0.2) is 0 Å². The molecule has 0 fully saturated rings. The molecule has 0 saturated heterocycles. The number of rotatable bonds is 10. The summed E-state index contributed by atoms with van der Waals surface area (Å²) >= 11 is 0. The lowest BCUT2D eigenvalue weighted by atomic mass is 10.0. The number of nitrogens with one attached hydrogen (secondary N) is 2. The van der Waals surface area contributed by atoms with Crippen LogP contribution in [0.2, 0.25) is 0 Å². The lowest BCUT2D eigenvalue weighted by Gasteiger charge is -2.22. The van der Waals surface area contributed by atoms with Gasteiger partial charge in [0.05, 0.1) is 20.8 Å². The molecule has 0 aromatic heterocycles. The quantitative estimate of drug-likeness (QED) is 0.624. The van der Waals surface area contributed by atoms with E-state index in [1.165, 1.54) is 0 Å². The van der Waals surface area contributed by atoms with Crippen molar-refractivity contribution >= 4 is 11.8 Å². The zero-order chi connectivity index (χ0) is 22.1. The molecule has 0 bridgehead atoms. The van der Waals surface area contributed by atoms with Crippen molar-refractivity contribution in [1.29, 1.82) is 0 Å². The van der Waals surface area contributed by atoms with Gasteiger partial charge in [0.25, 0.3) is 5.91 Å². The number of ether oxygens (including phenoxy) is 3. The first-order valence-corrected chi connectivity index (χ1v) is 9.91. The van der Waals surface area contributed by atoms with Crippen LogP contribution in [-0.4, -0.2) is 38.7 Å². The van der Waals surface area contributed by atoms with Crippen molar-refractivity contribution in [3.05, 3.63) is 53.6 Å². The second-order valence-electron chi connectivity index (χ2n) is 7.06.